The Labute approximate surface area is 145 Å². The van der Waals surface area contributed by atoms with Crippen LogP contribution < -0.4 is 10.1 Å². The Kier molecular flexibility index (Phi) is 6.21. The molecule has 0 fully saturated rings. The Hall–Kier alpha value is -2.53. The quantitative estimate of drug-likeness (QED) is 0.806. The van der Waals surface area contributed by atoms with Crippen molar-refractivity contribution in [3.8, 4) is 5.75 Å². The van der Waals surface area contributed by atoms with Gasteiger partial charge in [0.15, 0.2) is 6.61 Å². The molecule has 0 bridgehead atoms. The van der Waals surface area contributed by atoms with Crippen LogP contribution in [-0.4, -0.2) is 25.1 Å². The Morgan fingerprint density at radius 1 is 1.17 bits per heavy atom. The summed E-state index contributed by atoms with van der Waals surface area (Å²) in [5, 5.41) is 3.28. The van der Waals surface area contributed by atoms with Crippen LogP contribution in [0.25, 0.3) is 0 Å². The fourth-order valence-electron chi connectivity index (χ4n) is 2.04. The minimum atomic E-state index is -0.386. The monoisotopic (exact) mass is 347 g/mol. The van der Waals surface area contributed by atoms with Crippen LogP contribution in [0, 0.1) is 6.92 Å². The molecule has 0 aliphatic carbocycles. The van der Waals surface area contributed by atoms with Crippen molar-refractivity contribution in [2.75, 3.05) is 18.5 Å². The second kappa shape index (κ2) is 8.36. The lowest BCUT2D eigenvalue weighted by molar-refractivity contribution is -0.118. The lowest BCUT2D eigenvalue weighted by atomic mass is 10.1. The number of hydrogen-bond acceptors (Lipinski definition) is 4. The lowest BCUT2D eigenvalue weighted by Crippen LogP contribution is -2.20. The summed E-state index contributed by atoms with van der Waals surface area (Å²) in [6, 6.07) is 11.8. The molecule has 0 atom stereocenters. The van der Waals surface area contributed by atoms with Gasteiger partial charge in [0.1, 0.15) is 5.75 Å². The van der Waals surface area contributed by atoms with Gasteiger partial charge in [-0.3, -0.25) is 4.79 Å². The minimum Gasteiger partial charge on any atom is -0.484 e. The van der Waals surface area contributed by atoms with E-state index in [9.17, 15) is 9.59 Å². The third-order valence-electron chi connectivity index (χ3n) is 3.18. The van der Waals surface area contributed by atoms with Gasteiger partial charge in [-0.1, -0.05) is 17.7 Å². The number of rotatable bonds is 6. The average Bonchev–Trinajstić information content (AvgIpc) is 2.55. The molecule has 1 amide bonds. The Bertz CT molecular complexity index is 746. The van der Waals surface area contributed by atoms with Crippen molar-refractivity contribution in [2.24, 2.45) is 0 Å². The molecule has 0 saturated heterocycles. The van der Waals surface area contributed by atoms with Crippen molar-refractivity contribution in [2.45, 2.75) is 13.8 Å². The van der Waals surface area contributed by atoms with Crippen LogP contribution in [0.4, 0.5) is 5.69 Å². The first kappa shape index (κ1) is 17.8. The number of amides is 1. The Morgan fingerprint density at radius 3 is 2.62 bits per heavy atom. The van der Waals surface area contributed by atoms with Crippen LogP contribution >= 0.6 is 11.6 Å². The summed E-state index contributed by atoms with van der Waals surface area (Å²) in [6.07, 6.45) is 0. The maximum atomic E-state index is 12.0. The summed E-state index contributed by atoms with van der Waals surface area (Å²) in [4.78, 5) is 23.7. The van der Waals surface area contributed by atoms with Crippen molar-refractivity contribution in [1.29, 1.82) is 0 Å². The predicted molar refractivity (Wildman–Crippen MR) is 92.7 cm³/mol. The molecule has 2 aromatic carbocycles. The number of anilines is 1. The zero-order valence-corrected chi connectivity index (χ0v) is 14.2. The Morgan fingerprint density at radius 2 is 1.96 bits per heavy atom. The molecular formula is C18H18ClNO4. The topological polar surface area (TPSA) is 64.6 Å². The van der Waals surface area contributed by atoms with Gasteiger partial charge in [-0.15, -0.1) is 0 Å². The Balaban J connectivity index is 1.95. The SMILES string of the molecule is CCOC(=O)c1ccc(NC(=O)COc2cccc(Cl)c2)c(C)c1. The second-order valence-electron chi connectivity index (χ2n) is 5.04. The molecule has 0 aliphatic heterocycles. The minimum absolute atomic E-state index is 0.139. The van der Waals surface area contributed by atoms with Gasteiger partial charge in [-0.05, 0) is 55.8 Å². The van der Waals surface area contributed by atoms with Crippen molar-refractivity contribution >= 4 is 29.2 Å². The first-order valence-electron chi connectivity index (χ1n) is 7.45. The maximum absolute atomic E-state index is 12.0. The number of carbonyl (C=O) groups is 2. The molecule has 0 aliphatic rings. The van der Waals surface area contributed by atoms with E-state index in [0.29, 0.717) is 28.6 Å². The van der Waals surface area contributed by atoms with Crippen molar-refractivity contribution in [3.05, 3.63) is 58.6 Å². The molecule has 126 valence electrons. The summed E-state index contributed by atoms with van der Waals surface area (Å²) < 4.78 is 10.3. The van der Waals surface area contributed by atoms with Gasteiger partial charge in [-0.2, -0.15) is 0 Å². The van der Waals surface area contributed by atoms with Gasteiger partial charge in [0, 0.05) is 10.7 Å². The van der Waals surface area contributed by atoms with Crippen LogP contribution in [0.1, 0.15) is 22.8 Å². The van der Waals surface area contributed by atoms with Crippen LogP contribution in [-0.2, 0) is 9.53 Å². The molecule has 0 unspecified atom stereocenters. The summed E-state index contributed by atoms with van der Waals surface area (Å²) in [5.41, 5.74) is 1.82. The highest BCUT2D eigenvalue weighted by molar-refractivity contribution is 6.30. The highest BCUT2D eigenvalue weighted by Gasteiger charge is 2.10. The van der Waals surface area contributed by atoms with E-state index in [4.69, 9.17) is 21.1 Å². The first-order valence-corrected chi connectivity index (χ1v) is 7.83. The fraction of sp³-hybridized carbons (Fsp3) is 0.222. The van der Waals surface area contributed by atoms with E-state index in [1.54, 1.807) is 56.3 Å². The van der Waals surface area contributed by atoms with E-state index in [2.05, 4.69) is 5.32 Å². The van der Waals surface area contributed by atoms with Crippen LogP contribution in [0.2, 0.25) is 5.02 Å². The smallest absolute Gasteiger partial charge is 0.338 e. The van der Waals surface area contributed by atoms with Crippen LogP contribution in [0.15, 0.2) is 42.5 Å². The molecule has 24 heavy (non-hydrogen) atoms. The van der Waals surface area contributed by atoms with E-state index in [1.807, 2.05) is 0 Å². The zero-order chi connectivity index (χ0) is 17.5. The molecule has 1 N–H and O–H groups in total. The summed E-state index contributed by atoms with van der Waals surface area (Å²) in [6.45, 7) is 3.73. The molecule has 0 spiro atoms. The fourth-order valence-corrected chi connectivity index (χ4v) is 2.22. The summed E-state index contributed by atoms with van der Waals surface area (Å²) in [7, 11) is 0. The van der Waals surface area contributed by atoms with Crippen molar-refractivity contribution < 1.29 is 19.1 Å². The van der Waals surface area contributed by atoms with Gasteiger partial charge in [0.05, 0.1) is 12.2 Å². The molecule has 0 aromatic heterocycles. The predicted octanol–water partition coefficient (Wildman–Crippen LogP) is 3.84. The number of hydrogen-bond donors (Lipinski definition) is 1. The number of nitrogens with one attached hydrogen (secondary N) is 1. The average molecular weight is 348 g/mol. The molecule has 0 heterocycles. The summed E-state index contributed by atoms with van der Waals surface area (Å²) in [5.74, 6) is -0.170. The van der Waals surface area contributed by atoms with Gasteiger partial charge >= 0.3 is 5.97 Å². The number of benzene rings is 2. The molecule has 6 heteroatoms. The zero-order valence-electron chi connectivity index (χ0n) is 13.5. The molecular weight excluding hydrogens is 330 g/mol. The third kappa shape index (κ3) is 4.99. The number of ether oxygens (including phenoxy) is 2. The summed E-state index contributed by atoms with van der Waals surface area (Å²) >= 11 is 5.86. The largest absolute Gasteiger partial charge is 0.484 e. The van der Waals surface area contributed by atoms with E-state index in [0.717, 1.165) is 5.56 Å². The number of aryl methyl sites for hydroxylation is 1. The van der Waals surface area contributed by atoms with Gasteiger partial charge in [0.2, 0.25) is 0 Å². The van der Waals surface area contributed by atoms with Crippen molar-refractivity contribution in [1.82, 2.24) is 0 Å². The first-order chi connectivity index (χ1) is 11.5. The van der Waals surface area contributed by atoms with E-state index in [-0.39, 0.29) is 18.5 Å². The maximum Gasteiger partial charge on any atom is 0.338 e. The highest BCUT2D eigenvalue weighted by Crippen LogP contribution is 2.19. The van der Waals surface area contributed by atoms with Gasteiger partial charge < -0.3 is 14.8 Å². The number of carbonyl (C=O) groups excluding carboxylic acids is 2. The molecule has 0 saturated carbocycles. The normalized spacial score (nSPS) is 10.1. The molecule has 5 nitrogen and oxygen atoms in total. The second-order valence-corrected chi connectivity index (χ2v) is 5.48. The van der Waals surface area contributed by atoms with E-state index >= 15 is 0 Å². The van der Waals surface area contributed by atoms with Gasteiger partial charge in [0.25, 0.3) is 5.91 Å². The van der Waals surface area contributed by atoms with Crippen LogP contribution in [0.5, 0.6) is 5.75 Å². The van der Waals surface area contributed by atoms with E-state index in [1.165, 1.54) is 0 Å². The number of esters is 1. The lowest BCUT2D eigenvalue weighted by Gasteiger charge is -2.11. The molecule has 2 aromatic rings. The van der Waals surface area contributed by atoms with Crippen molar-refractivity contribution in [3.63, 3.8) is 0 Å². The molecule has 0 radical (unpaired) electrons. The standard InChI is InChI=1S/C18H18ClNO4/c1-3-23-18(22)13-7-8-16(12(2)9-13)20-17(21)11-24-15-6-4-5-14(19)10-15/h4-10H,3,11H2,1-2H3,(H,20,21). The molecule has 2 rings (SSSR count). The highest BCUT2D eigenvalue weighted by atomic mass is 35.5. The van der Waals surface area contributed by atoms with Gasteiger partial charge in [-0.25, -0.2) is 4.79 Å². The van der Waals surface area contributed by atoms with Crippen LogP contribution in [0.3, 0.4) is 0 Å². The third-order valence-corrected chi connectivity index (χ3v) is 3.41. The number of halogens is 1. The van der Waals surface area contributed by atoms with E-state index < -0.39 is 0 Å².